The molecule has 2 saturated carbocycles. The highest BCUT2D eigenvalue weighted by Crippen LogP contribution is 2.29. The molecular formula is C26H45ClN6O2. The zero-order valence-corrected chi connectivity index (χ0v) is 22.6. The number of nitrogens with two attached hydrogens (primary N) is 1. The molecule has 0 aliphatic heterocycles. The molecule has 8 nitrogen and oxygen atoms in total. The predicted molar refractivity (Wildman–Crippen MR) is 143 cm³/mol. The summed E-state index contributed by atoms with van der Waals surface area (Å²) < 4.78 is 5.72. The minimum atomic E-state index is -0.453. The van der Waals surface area contributed by atoms with Gasteiger partial charge in [-0.05, 0) is 90.6 Å². The molecule has 2 fully saturated rings. The number of carbonyl (C=O) groups excluding carboxylic acids is 1. The van der Waals surface area contributed by atoms with Gasteiger partial charge in [0.05, 0.1) is 0 Å². The van der Waals surface area contributed by atoms with Gasteiger partial charge in [0, 0.05) is 25.2 Å². The molecule has 1 heterocycles. The highest BCUT2D eigenvalue weighted by Gasteiger charge is 2.29. The van der Waals surface area contributed by atoms with Crippen molar-refractivity contribution in [3.63, 3.8) is 0 Å². The number of nitrogen functional groups attached to an aromatic ring is 1. The fourth-order valence-electron chi connectivity index (χ4n) is 5.21. The van der Waals surface area contributed by atoms with Crippen LogP contribution in [-0.4, -0.2) is 58.8 Å². The molecule has 198 valence electrons. The summed E-state index contributed by atoms with van der Waals surface area (Å²) in [7, 11) is 0. The number of halogens is 1. The van der Waals surface area contributed by atoms with E-state index in [1.165, 1.54) is 44.9 Å². The van der Waals surface area contributed by atoms with E-state index in [1.54, 1.807) is 6.07 Å². The Labute approximate surface area is 216 Å². The Morgan fingerprint density at radius 3 is 2.37 bits per heavy atom. The van der Waals surface area contributed by atoms with E-state index in [2.05, 4.69) is 20.6 Å². The van der Waals surface area contributed by atoms with Gasteiger partial charge in [-0.25, -0.2) is 9.78 Å². The molecule has 0 atom stereocenters. The lowest BCUT2D eigenvalue weighted by Gasteiger charge is -2.35. The van der Waals surface area contributed by atoms with Crippen molar-refractivity contribution in [3.05, 3.63) is 11.2 Å². The van der Waals surface area contributed by atoms with E-state index in [0.29, 0.717) is 34.8 Å². The molecule has 1 aromatic heterocycles. The summed E-state index contributed by atoms with van der Waals surface area (Å²) in [5.41, 5.74) is 5.29. The van der Waals surface area contributed by atoms with Crippen LogP contribution in [0.5, 0.6) is 0 Å². The SMILES string of the molecule is CC(C)(C)OC(=O)N(CCCNCC1CCC(CNc2nc(N)cc(Cl)n2)CC1)C1CCCCC1. The smallest absolute Gasteiger partial charge is 0.410 e. The maximum atomic E-state index is 12.8. The second-order valence-electron chi connectivity index (χ2n) is 11.2. The third kappa shape index (κ3) is 10.00. The van der Waals surface area contributed by atoms with Crippen molar-refractivity contribution in [1.82, 2.24) is 20.2 Å². The molecule has 1 amide bonds. The molecule has 0 bridgehead atoms. The molecule has 1 aromatic rings. The Kier molecular flexibility index (Phi) is 10.7. The number of amides is 1. The van der Waals surface area contributed by atoms with Crippen molar-refractivity contribution in [1.29, 1.82) is 0 Å². The van der Waals surface area contributed by atoms with Crippen LogP contribution in [0.1, 0.15) is 85.0 Å². The summed E-state index contributed by atoms with van der Waals surface area (Å²) in [4.78, 5) is 23.2. The molecule has 0 aromatic carbocycles. The van der Waals surface area contributed by atoms with Crippen LogP contribution < -0.4 is 16.4 Å². The van der Waals surface area contributed by atoms with Gasteiger partial charge < -0.3 is 26.0 Å². The van der Waals surface area contributed by atoms with Crippen LogP contribution in [0.2, 0.25) is 5.15 Å². The molecule has 2 aliphatic carbocycles. The van der Waals surface area contributed by atoms with Crippen LogP contribution >= 0.6 is 11.6 Å². The number of rotatable bonds is 10. The highest BCUT2D eigenvalue weighted by molar-refractivity contribution is 6.29. The second-order valence-corrected chi connectivity index (χ2v) is 11.6. The fraction of sp³-hybridized carbons (Fsp3) is 0.808. The van der Waals surface area contributed by atoms with Gasteiger partial charge in [0.1, 0.15) is 16.6 Å². The summed E-state index contributed by atoms with van der Waals surface area (Å²) in [5.74, 6) is 2.22. The third-order valence-electron chi connectivity index (χ3n) is 7.06. The van der Waals surface area contributed by atoms with Crippen molar-refractivity contribution in [3.8, 4) is 0 Å². The molecule has 35 heavy (non-hydrogen) atoms. The molecular weight excluding hydrogens is 464 g/mol. The molecule has 0 unspecified atom stereocenters. The molecule has 3 rings (SSSR count). The van der Waals surface area contributed by atoms with Gasteiger partial charge >= 0.3 is 6.09 Å². The number of ether oxygens (including phenoxy) is 1. The van der Waals surface area contributed by atoms with Crippen LogP contribution in [0.15, 0.2) is 6.07 Å². The van der Waals surface area contributed by atoms with Gasteiger partial charge in [-0.3, -0.25) is 0 Å². The van der Waals surface area contributed by atoms with Crippen molar-refractivity contribution >= 4 is 29.5 Å². The third-order valence-corrected chi connectivity index (χ3v) is 7.25. The lowest BCUT2D eigenvalue weighted by molar-refractivity contribution is 0.0119. The molecule has 0 radical (unpaired) electrons. The number of hydrogen-bond acceptors (Lipinski definition) is 7. The van der Waals surface area contributed by atoms with E-state index in [9.17, 15) is 4.79 Å². The zero-order chi connectivity index (χ0) is 25.3. The van der Waals surface area contributed by atoms with Gasteiger partial charge in [-0.1, -0.05) is 30.9 Å². The fourth-order valence-corrected chi connectivity index (χ4v) is 5.40. The minimum absolute atomic E-state index is 0.151. The van der Waals surface area contributed by atoms with Gasteiger partial charge in [-0.15, -0.1) is 0 Å². The zero-order valence-electron chi connectivity index (χ0n) is 21.8. The van der Waals surface area contributed by atoms with E-state index in [0.717, 1.165) is 45.4 Å². The van der Waals surface area contributed by atoms with Crippen molar-refractivity contribution in [2.24, 2.45) is 11.8 Å². The van der Waals surface area contributed by atoms with E-state index in [4.69, 9.17) is 22.1 Å². The molecule has 0 spiro atoms. The molecule has 9 heteroatoms. The first-order chi connectivity index (χ1) is 16.7. The Bertz CT molecular complexity index is 768. The van der Waals surface area contributed by atoms with Crippen LogP contribution in [0, 0.1) is 11.8 Å². The Hall–Kier alpha value is -1.80. The van der Waals surface area contributed by atoms with E-state index in [-0.39, 0.29) is 6.09 Å². The Morgan fingerprint density at radius 1 is 1.09 bits per heavy atom. The predicted octanol–water partition coefficient (Wildman–Crippen LogP) is 5.48. The minimum Gasteiger partial charge on any atom is -0.444 e. The summed E-state index contributed by atoms with van der Waals surface area (Å²) in [6.07, 6.45) is 11.5. The van der Waals surface area contributed by atoms with Gasteiger partial charge in [-0.2, -0.15) is 4.98 Å². The van der Waals surface area contributed by atoms with Crippen LogP contribution in [0.4, 0.5) is 16.6 Å². The summed E-state index contributed by atoms with van der Waals surface area (Å²) >= 11 is 5.96. The Morgan fingerprint density at radius 2 is 1.74 bits per heavy atom. The van der Waals surface area contributed by atoms with E-state index in [1.807, 2.05) is 25.7 Å². The molecule has 2 aliphatic rings. The first-order valence-corrected chi connectivity index (χ1v) is 13.8. The van der Waals surface area contributed by atoms with E-state index >= 15 is 0 Å². The average Bonchev–Trinajstić information content (AvgIpc) is 2.79. The van der Waals surface area contributed by atoms with Crippen molar-refractivity contribution in [2.45, 2.75) is 96.6 Å². The van der Waals surface area contributed by atoms with Crippen LogP contribution in [0.3, 0.4) is 0 Å². The largest absolute Gasteiger partial charge is 0.444 e. The maximum Gasteiger partial charge on any atom is 0.410 e. The van der Waals surface area contributed by atoms with Crippen molar-refractivity contribution in [2.75, 3.05) is 37.2 Å². The first kappa shape index (κ1) is 27.8. The lowest BCUT2D eigenvalue weighted by Crippen LogP contribution is -2.45. The van der Waals surface area contributed by atoms with Crippen molar-refractivity contribution < 1.29 is 9.53 Å². The Balaban J connectivity index is 1.32. The van der Waals surface area contributed by atoms with Crippen LogP contribution in [0.25, 0.3) is 0 Å². The van der Waals surface area contributed by atoms with Gasteiger partial charge in [0.25, 0.3) is 0 Å². The standard InChI is InChI=1S/C26H45ClN6O2/c1-26(2,3)35-25(34)33(21-8-5-4-6-9-21)15-7-14-29-17-19-10-12-20(13-11-19)18-30-24-31-22(27)16-23(28)32-24/h16,19-21,29H,4-15,17-18H2,1-3H3,(H3,28,30,31,32). The number of aromatic nitrogens is 2. The maximum absolute atomic E-state index is 12.8. The van der Waals surface area contributed by atoms with E-state index < -0.39 is 5.60 Å². The van der Waals surface area contributed by atoms with Gasteiger partial charge in [0.15, 0.2) is 0 Å². The molecule has 4 N–H and O–H groups in total. The number of nitrogens with one attached hydrogen (secondary N) is 2. The lowest BCUT2D eigenvalue weighted by atomic mass is 9.82. The summed E-state index contributed by atoms with van der Waals surface area (Å²) in [6, 6.07) is 1.88. The number of nitrogens with zero attached hydrogens (tertiary/aromatic N) is 3. The number of carbonyl (C=O) groups is 1. The average molecular weight is 509 g/mol. The topological polar surface area (TPSA) is 105 Å². The first-order valence-electron chi connectivity index (χ1n) is 13.4. The number of hydrogen-bond donors (Lipinski definition) is 3. The number of anilines is 2. The summed E-state index contributed by atoms with van der Waals surface area (Å²) in [5, 5.41) is 7.29. The second kappa shape index (κ2) is 13.5. The molecule has 0 saturated heterocycles. The highest BCUT2D eigenvalue weighted by atomic mass is 35.5. The monoisotopic (exact) mass is 508 g/mol. The van der Waals surface area contributed by atoms with Gasteiger partial charge in [0.2, 0.25) is 5.95 Å². The normalized spacial score (nSPS) is 21.5. The summed E-state index contributed by atoms with van der Waals surface area (Å²) in [6.45, 7) is 9.42. The van der Waals surface area contributed by atoms with Crippen LogP contribution in [-0.2, 0) is 4.74 Å². The quantitative estimate of drug-likeness (QED) is 0.284.